The minimum atomic E-state index is -0.335. The maximum atomic E-state index is 13.4. The van der Waals surface area contributed by atoms with Gasteiger partial charge in [-0.15, -0.1) is 0 Å². The molecule has 30 heavy (non-hydrogen) atoms. The summed E-state index contributed by atoms with van der Waals surface area (Å²) in [6.45, 7) is 3.94. The van der Waals surface area contributed by atoms with Crippen LogP contribution in [0.15, 0.2) is 12.4 Å². The molecule has 0 aromatic carbocycles. The van der Waals surface area contributed by atoms with Crippen LogP contribution < -0.4 is 15.4 Å². The molecule has 1 amide bonds. The van der Waals surface area contributed by atoms with Crippen molar-refractivity contribution in [2.75, 3.05) is 17.7 Å². The monoisotopic (exact) mass is 445 g/mol. The van der Waals surface area contributed by atoms with Gasteiger partial charge in [0.15, 0.2) is 5.82 Å². The quantitative estimate of drug-likeness (QED) is 0.466. The number of methoxy groups -OCH3 is 1. The number of carbonyl (C=O) groups excluding carboxylic acids is 1. The van der Waals surface area contributed by atoms with Crippen LogP contribution in [0.1, 0.15) is 28.1 Å². The van der Waals surface area contributed by atoms with Gasteiger partial charge in [-0.05, 0) is 19.9 Å². The van der Waals surface area contributed by atoms with Crippen molar-refractivity contribution in [1.82, 2.24) is 25.1 Å². The molecular formula is C19H17Cl2N7O2. The number of rotatable bonds is 4. The zero-order valence-electron chi connectivity index (χ0n) is 16.3. The number of H-pyrrole nitrogens is 1. The zero-order chi connectivity index (χ0) is 21.6. The number of aromatic amines is 1. The molecule has 0 fully saturated rings. The van der Waals surface area contributed by atoms with E-state index in [-0.39, 0.29) is 29.1 Å². The maximum absolute atomic E-state index is 13.4. The Morgan fingerprint density at radius 3 is 2.70 bits per heavy atom. The van der Waals surface area contributed by atoms with Gasteiger partial charge in [0.2, 0.25) is 5.95 Å². The van der Waals surface area contributed by atoms with Crippen LogP contribution in [0.3, 0.4) is 0 Å². The Morgan fingerprint density at radius 2 is 2.03 bits per heavy atom. The molecule has 3 N–H and O–H groups in total. The molecule has 11 heteroatoms. The van der Waals surface area contributed by atoms with E-state index >= 15 is 0 Å². The molecule has 1 aliphatic heterocycles. The molecule has 154 valence electrons. The topological polar surface area (TPSA) is 123 Å². The number of nitrogen functional groups attached to an aromatic ring is 1. The fraction of sp³-hybridized carbons (Fsp3) is 0.211. The Morgan fingerprint density at radius 1 is 1.27 bits per heavy atom. The summed E-state index contributed by atoms with van der Waals surface area (Å²) in [5.74, 6) is 0.647. The highest BCUT2D eigenvalue weighted by Gasteiger charge is 2.37. The number of amides is 1. The van der Waals surface area contributed by atoms with E-state index < -0.39 is 0 Å². The highest BCUT2D eigenvalue weighted by Crippen LogP contribution is 2.42. The fourth-order valence-corrected chi connectivity index (χ4v) is 3.82. The van der Waals surface area contributed by atoms with Gasteiger partial charge in [0.05, 0.1) is 47.4 Å². The average molecular weight is 446 g/mol. The second-order valence-corrected chi connectivity index (χ2v) is 7.46. The summed E-state index contributed by atoms with van der Waals surface area (Å²) in [6.07, 6.45) is 4.71. The van der Waals surface area contributed by atoms with Gasteiger partial charge in [0, 0.05) is 17.3 Å². The summed E-state index contributed by atoms with van der Waals surface area (Å²) in [5.41, 5.74) is 9.30. The summed E-state index contributed by atoms with van der Waals surface area (Å²) >= 11 is 12.5. The number of aryl methyl sites for hydroxylation is 1. The molecule has 0 bridgehead atoms. The third-order valence-corrected chi connectivity index (χ3v) is 5.40. The highest BCUT2D eigenvalue weighted by atomic mass is 35.5. The van der Waals surface area contributed by atoms with Gasteiger partial charge in [0.25, 0.3) is 5.91 Å². The minimum Gasteiger partial charge on any atom is -0.496 e. The number of nitrogens with two attached hydrogens (primary N) is 1. The molecule has 0 spiro atoms. The van der Waals surface area contributed by atoms with Gasteiger partial charge in [0.1, 0.15) is 10.9 Å². The second-order valence-electron chi connectivity index (χ2n) is 6.70. The Labute approximate surface area is 181 Å². The lowest BCUT2D eigenvalue weighted by Gasteiger charge is -2.19. The molecule has 1 aliphatic rings. The molecule has 0 atom stereocenters. The van der Waals surface area contributed by atoms with Gasteiger partial charge in [-0.25, -0.2) is 4.98 Å². The Hall–Kier alpha value is -3.17. The first kappa shape index (κ1) is 20.1. The van der Waals surface area contributed by atoms with Crippen LogP contribution in [0, 0.1) is 13.8 Å². The van der Waals surface area contributed by atoms with Crippen molar-refractivity contribution in [3.8, 4) is 5.75 Å². The number of fused-ring (bicyclic) bond motifs is 1. The number of pyridine rings is 1. The van der Waals surface area contributed by atoms with Crippen LogP contribution in [0.4, 0.5) is 11.8 Å². The molecule has 4 rings (SSSR count). The third-order valence-electron chi connectivity index (χ3n) is 4.83. The van der Waals surface area contributed by atoms with Crippen LogP contribution in [0.5, 0.6) is 5.75 Å². The van der Waals surface area contributed by atoms with Crippen LogP contribution in [0.2, 0.25) is 10.2 Å². The Balaban J connectivity index is 1.84. The molecule has 4 heterocycles. The minimum absolute atomic E-state index is 0.0384. The molecule has 0 aliphatic carbocycles. The lowest BCUT2D eigenvalue weighted by Crippen LogP contribution is -2.27. The van der Waals surface area contributed by atoms with Crippen molar-refractivity contribution in [3.63, 3.8) is 0 Å². The van der Waals surface area contributed by atoms with E-state index in [1.54, 1.807) is 19.4 Å². The number of carbonyl (C=O) groups is 1. The van der Waals surface area contributed by atoms with E-state index in [0.29, 0.717) is 33.5 Å². The molecular weight excluding hydrogens is 429 g/mol. The average Bonchev–Trinajstić information content (AvgIpc) is 3.20. The van der Waals surface area contributed by atoms with Crippen LogP contribution in [-0.2, 0) is 11.3 Å². The normalized spacial score (nSPS) is 14.5. The number of hydrogen-bond acceptors (Lipinski definition) is 7. The molecule has 0 radical (unpaired) electrons. The summed E-state index contributed by atoms with van der Waals surface area (Å²) in [6, 6.07) is 0. The number of hydrogen-bond donors (Lipinski definition) is 2. The molecule has 0 saturated carbocycles. The summed E-state index contributed by atoms with van der Waals surface area (Å²) in [4.78, 5) is 27.6. The van der Waals surface area contributed by atoms with E-state index in [1.807, 2.05) is 13.8 Å². The van der Waals surface area contributed by atoms with Gasteiger partial charge >= 0.3 is 0 Å². The lowest BCUT2D eigenvalue weighted by molar-refractivity contribution is -0.113. The smallest absolute Gasteiger partial charge is 0.260 e. The van der Waals surface area contributed by atoms with Crippen molar-refractivity contribution in [1.29, 1.82) is 0 Å². The predicted molar refractivity (Wildman–Crippen MR) is 114 cm³/mol. The van der Waals surface area contributed by atoms with Crippen LogP contribution in [0.25, 0.3) is 11.6 Å². The first-order valence-corrected chi connectivity index (χ1v) is 9.62. The van der Waals surface area contributed by atoms with Gasteiger partial charge in [-0.1, -0.05) is 23.2 Å². The molecule has 3 aromatic rings. The number of ether oxygens (including phenoxy) is 1. The fourth-order valence-electron chi connectivity index (χ4n) is 3.40. The standard InChI is InChI=1S/C19H17Cl2N7O2/c1-8-5-23-13(9(2)15(8)30-3)7-28-17-14(16(21)25-19(22)26-17)10(18(28)29)4-12-11(20)6-24-27-12/h4-6H,7H2,1-3H3,(H,24,27)(H2,22,25,26)/b10-4-. The van der Waals surface area contributed by atoms with Crippen molar-refractivity contribution in [2.24, 2.45) is 0 Å². The summed E-state index contributed by atoms with van der Waals surface area (Å²) in [5, 5.41) is 7.05. The Kier molecular flexibility index (Phi) is 5.08. The lowest BCUT2D eigenvalue weighted by atomic mass is 10.1. The largest absolute Gasteiger partial charge is 0.496 e. The first-order chi connectivity index (χ1) is 14.3. The summed E-state index contributed by atoms with van der Waals surface area (Å²) < 4.78 is 5.47. The van der Waals surface area contributed by atoms with Gasteiger partial charge in [-0.2, -0.15) is 10.1 Å². The predicted octanol–water partition coefficient (Wildman–Crippen LogP) is 3.20. The van der Waals surface area contributed by atoms with Crippen molar-refractivity contribution >= 4 is 52.5 Å². The van der Waals surface area contributed by atoms with Crippen molar-refractivity contribution < 1.29 is 9.53 Å². The number of halogens is 2. The molecule has 0 unspecified atom stereocenters. The SMILES string of the molecule is COc1c(C)cnc(CN2C(=O)/C(=C\c3[nH]ncc3Cl)c3c(Cl)nc(N)nc32)c1C. The molecule has 3 aromatic heterocycles. The zero-order valence-corrected chi connectivity index (χ0v) is 17.8. The number of aromatic nitrogens is 5. The number of anilines is 2. The third kappa shape index (κ3) is 3.25. The van der Waals surface area contributed by atoms with E-state index in [0.717, 1.165) is 11.1 Å². The molecule has 0 saturated heterocycles. The number of nitrogens with one attached hydrogen (secondary N) is 1. The Bertz CT molecular complexity index is 1210. The maximum Gasteiger partial charge on any atom is 0.260 e. The van der Waals surface area contributed by atoms with Gasteiger partial charge in [-0.3, -0.25) is 19.8 Å². The van der Waals surface area contributed by atoms with E-state index in [9.17, 15) is 4.79 Å². The summed E-state index contributed by atoms with van der Waals surface area (Å²) in [7, 11) is 1.60. The van der Waals surface area contributed by atoms with E-state index in [1.165, 1.54) is 11.1 Å². The van der Waals surface area contributed by atoms with E-state index in [2.05, 4.69) is 25.1 Å². The number of nitrogens with zero attached hydrogens (tertiary/aromatic N) is 5. The van der Waals surface area contributed by atoms with Crippen LogP contribution >= 0.6 is 23.2 Å². The van der Waals surface area contributed by atoms with Crippen molar-refractivity contribution in [2.45, 2.75) is 20.4 Å². The second kappa shape index (κ2) is 7.58. The highest BCUT2D eigenvalue weighted by molar-refractivity contribution is 6.41. The van der Waals surface area contributed by atoms with Crippen molar-refractivity contribution in [3.05, 3.63) is 50.6 Å². The first-order valence-electron chi connectivity index (χ1n) is 8.86. The van der Waals surface area contributed by atoms with Gasteiger partial charge < -0.3 is 10.5 Å². The van der Waals surface area contributed by atoms with E-state index in [4.69, 9.17) is 33.7 Å². The molecule has 9 nitrogen and oxygen atoms in total. The van der Waals surface area contributed by atoms with Crippen LogP contribution in [-0.4, -0.2) is 38.2 Å².